The van der Waals surface area contributed by atoms with E-state index in [0.717, 1.165) is 12.1 Å². The summed E-state index contributed by atoms with van der Waals surface area (Å²) >= 11 is 0. The lowest BCUT2D eigenvalue weighted by Crippen LogP contribution is -2.32. The molecule has 3 rings (SSSR count). The van der Waals surface area contributed by atoms with E-state index < -0.39 is 29.7 Å². The molecule has 35 heavy (non-hydrogen) atoms. The number of nitrogens with one attached hydrogen (secondary N) is 1. The Morgan fingerprint density at radius 1 is 1.11 bits per heavy atom. The number of carbonyl (C=O) groups excluding carboxylic acids is 1. The van der Waals surface area contributed by atoms with Crippen LogP contribution < -0.4 is 5.32 Å². The van der Waals surface area contributed by atoms with E-state index in [2.05, 4.69) is 25.1 Å². The minimum Gasteiger partial charge on any atom is -0.391 e. The smallest absolute Gasteiger partial charge is 0.391 e. The zero-order chi connectivity index (χ0) is 25.6. The first-order chi connectivity index (χ1) is 16.4. The molecule has 1 unspecified atom stereocenters. The highest BCUT2D eigenvalue weighted by Gasteiger charge is 2.38. The van der Waals surface area contributed by atoms with Gasteiger partial charge in [0, 0.05) is 29.8 Å². The van der Waals surface area contributed by atoms with Crippen molar-refractivity contribution in [3.05, 3.63) is 71.1 Å². The summed E-state index contributed by atoms with van der Waals surface area (Å²) in [6.07, 6.45) is -7.56. The fraction of sp³-hybridized carbons (Fsp3) is 0.273. The van der Waals surface area contributed by atoms with Crippen LogP contribution in [0.25, 0.3) is 11.4 Å². The lowest BCUT2D eigenvalue weighted by atomic mass is 10.1. The number of halogens is 6. The first kappa shape index (κ1) is 25.7. The summed E-state index contributed by atoms with van der Waals surface area (Å²) in [4.78, 5) is 20.6. The van der Waals surface area contributed by atoms with Gasteiger partial charge in [-0.05, 0) is 36.8 Å². The van der Waals surface area contributed by atoms with Crippen molar-refractivity contribution in [1.82, 2.24) is 15.5 Å². The topological polar surface area (TPSA) is 89.6 Å². The van der Waals surface area contributed by atoms with E-state index in [-0.39, 0.29) is 36.0 Å². The molecule has 0 bridgehead atoms. The number of benzene rings is 2. The molecule has 0 fully saturated rings. The molecule has 0 saturated carbocycles. The van der Waals surface area contributed by atoms with Gasteiger partial charge in [-0.1, -0.05) is 34.6 Å². The molecule has 13 heteroatoms. The zero-order valence-corrected chi connectivity index (χ0v) is 18.0. The van der Waals surface area contributed by atoms with Crippen molar-refractivity contribution in [2.75, 3.05) is 0 Å². The molecule has 0 aliphatic rings. The number of amides is 1. The first-order valence-corrected chi connectivity index (χ1v) is 10.1. The number of alkyl halides is 6. The summed E-state index contributed by atoms with van der Waals surface area (Å²) in [5, 5.41) is 9.66. The number of oxime groups is 1. The predicted molar refractivity (Wildman–Crippen MR) is 111 cm³/mol. The van der Waals surface area contributed by atoms with Gasteiger partial charge in [-0.2, -0.15) is 31.3 Å². The van der Waals surface area contributed by atoms with Gasteiger partial charge in [0.2, 0.25) is 5.82 Å². The first-order valence-electron chi connectivity index (χ1n) is 10.1. The van der Waals surface area contributed by atoms with Crippen LogP contribution in [0.5, 0.6) is 0 Å². The highest BCUT2D eigenvalue weighted by atomic mass is 19.4. The maximum Gasteiger partial charge on any atom is 0.471 e. The molecule has 0 spiro atoms. The molecular weight excluding hydrogens is 482 g/mol. The summed E-state index contributed by atoms with van der Waals surface area (Å²) in [5.41, 5.74) is 0.00398. The number of carbonyl (C=O) groups is 1. The molecular formula is C22H18F6N4O3. The fourth-order valence-electron chi connectivity index (χ4n) is 2.80. The van der Waals surface area contributed by atoms with Crippen molar-refractivity contribution < 1.29 is 40.5 Å². The van der Waals surface area contributed by atoms with E-state index in [0.29, 0.717) is 5.56 Å². The minimum absolute atomic E-state index is 0.154. The third kappa shape index (κ3) is 7.29. The number of nitrogens with zero attached hydrogens (tertiary/aromatic N) is 3. The van der Waals surface area contributed by atoms with Crippen LogP contribution >= 0.6 is 0 Å². The molecule has 1 N–H and O–H groups in total. The molecule has 186 valence electrons. The Morgan fingerprint density at radius 3 is 2.46 bits per heavy atom. The normalized spacial score (nSPS) is 13.1. The molecule has 1 aromatic heterocycles. The third-order valence-electron chi connectivity index (χ3n) is 4.54. The van der Waals surface area contributed by atoms with Crippen molar-refractivity contribution >= 4 is 12.1 Å². The van der Waals surface area contributed by atoms with Gasteiger partial charge in [-0.3, -0.25) is 4.79 Å². The van der Waals surface area contributed by atoms with Crippen molar-refractivity contribution in [2.24, 2.45) is 5.16 Å². The Hall–Kier alpha value is -3.90. The van der Waals surface area contributed by atoms with Crippen LogP contribution in [0.2, 0.25) is 0 Å². The largest absolute Gasteiger partial charge is 0.471 e. The zero-order valence-electron chi connectivity index (χ0n) is 18.0. The summed E-state index contributed by atoms with van der Waals surface area (Å²) in [6.45, 7) is 1.54. The van der Waals surface area contributed by atoms with Crippen LogP contribution in [0.4, 0.5) is 26.3 Å². The van der Waals surface area contributed by atoms with Crippen LogP contribution in [0.15, 0.2) is 58.2 Å². The van der Waals surface area contributed by atoms with Crippen molar-refractivity contribution in [3.8, 4) is 11.4 Å². The van der Waals surface area contributed by atoms with Crippen molar-refractivity contribution in [1.29, 1.82) is 0 Å². The second-order valence-corrected chi connectivity index (χ2v) is 7.37. The maximum absolute atomic E-state index is 12.7. The molecule has 3 aromatic rings. The molecule has 0 aliphatic carbocycles. The quantitative estimate of drug-likeness (QED) is 0.251. The van der Waals surface area contributed by atoms with Gasteiger partial charge >= 0.3 is 18.2 Å². The van der Waals surface area contributed by atoms with E-state index in [4.69, 9.17) is 4.84 Å². The SMILES string of the molecule is CC(C/C=N/OCc1cccc(C(F)(F)F)c1)NC(=O)c1ccc(-c2noc(C(F)(F)F)n2)cc1. The molecule has 1 heterocycles. The number of hydrogen-bond donors (Lipinski definition) is 1. The Labute approximate surface area is 194 Å². The summed E-state index contributed by atoms with van der Waals surface area (Å²) < 4.78 is 80.0. The van der Waals surface area contributed by atoms with Crippen molar-refractivity contribution in [3.63, 3.8) is 0 Å². The van der Waals surface area contributed by atoms with Gasteiger partial charge in [0.05, 0.1) is 5.56 Å². The summed E-state index contributed by atoms with van der Waals surface area (Å²) in [6, 6.07) is 9.87. The molecule has 7 nitrogen and oxygen atoms in total. The lowest BCUT2D eigenvalue weighted by molar-refractivity contribution is -0.159. The van der Waals surface area contributed by atoms with Crippen molar-refractivity contribution in [2.45, 2.75) is 38.3 Å². The van der Waals surface area contributed by atoms with E-state index in [9.17, 15) is 31.1 Å². The van der Waals surface area contributed by atoms with Gasteiger partial charge in [0.15, 0.2) is 0 Å². The summed E-state index contributed by atoms with van der Waals surface area (Å²) in [5.74, 6) is -2.17. The standard InChI is InChI=1S/C22H18F6N4O3/c1-13(9-10-29-34-12-14-3-2-4-17(11-14)21(23,24)25)30-19(33)16-7-5-15(6-8-16)18-31-20(35-32-18)22(26,27)28/h2-8,10-11,13H,9,12H2,1H3,(H,30,33)/b29-10+. The monoisotopic (exact) mass is 500 g/mol. The Bertz CT molecular complexity index is 1170. The van der Waals surface area contributed by atoms with E-state index >= 15 is 0 Å². The molecule has 0 aliphatic heterocycles. The lowest BCUT2D eigenvalue weighted by Gasteiger charge is -2.11. The highest BCUT2D eigenvalue weighted by molar-refractivity contribution is 5.94. The minimum atomic E-state index is -4.76. The highest BCUT2D eigenvalue weighted by Crippen LogP contribution is 2.30. The van der Waals surface area contributed by atoms with E-state index in [1.165, 1.54) is 42.6 Å². The third-order valence-corrected chi connectivity index (χ3v) is 4.54. The predicted octanol–water partition coefficient (Wildman–Crippen LogP) is 5.49. The van der Waals surface area contributed by atoms with Crippen LogP contribution in [0.1, 0.15) is 40.7 Å². The van der Waals surface area contributed by atoms with Crippen LogP contribution in [0.3, 0.4) is 0 Å². The molecule has 1 amide bonds. The van der Waals surface area contributed by atoms with Gasteiger partial charge in [-0.15, -0.1) is 0 Å². The van der Waals surface area contributed by atoms with E-state index in [1.54, 1.807) is 6.92 Å². The second-order valence-electron chi connectivity index (χ2n) is 7.37. The number of rotatable bonds is 8. The van der Waals surface area contributed by atoms with Crippen LogP contribution in [0, 0.1) is 0 Å². The van der Waals surface area contributed by atoms with Crippen LogP contribution in [-0.2, 0) is 23.8 Å². The Balaban J connectivity index is 1.46. The molecule has 2 aromatic carbocycles. The van der Waals surface area contributed by atoms with Gasteiger partial charge < -0.3 is 14.7 Å². The Morgan fingerprint density at radius 2 is 1.83 bits per heavy atom. The maximum atomic E-state index is 12.7. The van der Waals surface area contributed by atoms with E-state index in [1.807, 2.05) is 0 Å². The molecule has 0 saturated heterocycles. The average Bonchev–Trinajstić information content (AvgIpc) is 3.30. The summed E-state index contributed by atoms with van der Waals surface area (Å²) in [7, 11) is 0. The average molecular weight is 500 g/mol. The van der Waals surface area contributed by atoms with Gasteiger partial charge in [-0.25, -0.2) is 0 Å². The second kappa shape index (κ2) is 10.6. The number of aromatic nitrogens is 2. The van der Waals surface area contributed by atoms with Crippen LogP contribution in [-0.4, -0.2) is 28.3 Å². The fourth-order valence-corrected chi connectivity index (χ4v) is 2.80. The van der Waals surface area contributed by atoms with Gasteiger partial charge in [0.1, 0.15) is 6.61 Å². The molecule has 0 radical (unpaired) electrons. The number of hydrogen-bond acceptors (Lipinski definition) is 6. The Kier molecular flexibility index (Phi) is 7.77. The molecule has 1 atom stereocenters. The van der Waals surface area contributed by atoms with Gasteiger partial charge in [0.25, 0.3) is 5.91 Å².